The third-order valence-corrected chi connectivity index (χ3v) is 12.1. The maximum atomic E-state index is 14.1. The zero-order valence-electron chi connectivity index (χ0n) is 29.8. The van der Waals surface area contributed by atoms with Crippen LogP contribution in [0.3, 0.4) is 0 Å². The van der Waals surface area contributed by atoms with E-state index in [1.54, 1.807) is 20.1 Å². The molecule has 48 heavy (non-hydrogen) atoms. The SMILES string of the molecule is CO[C@H]1C[C@H](C2/C(C)=C/C[C@@H]3C[C@@H](C[C@]4(C=C[C@H](C)[C@@H](C)O4)O3)OC(=O)[C@@H]3C=C(C)[C@@H](O)[C@H]4OC/C(=C\C=C\[C@@H]2C)[C@]43O)O[C@@H](C)[C@@H]1C. The number of aliphatic hydroxyl groups is 2. The van der Waals surface area contributed by atoms with Gasteiger partial charge in [-0.2, -0.15) is 0 Å². The van der Waals surface area contributed by atoms with Crippen LogP contribution in [-0.4, -0.2) is 90.1 Å². The highest BCUT2D eigenvalue weighted by Gasteiger charge is 2.60. The summed E-state index contributed by atoms with van der Waals surface area (Å²) < 4.78 is 38.2. The summed E-state index contributed by atoms with van der Waals surface area (Å²) in [5, 5.41) is 23.4. The van der Waals surface area contributed by atoms with Gasteiger partial charge in [0.15, 0.2) is 5.79 Å². The van der Waals surface area contributed by atoms with Crippen LogP contribution in [0.25, 0.3) is 0 Å². The Morgan fingerprint density at radius 3 is 2.46 bits per heavy atom. The van der Waals surface area contributed by atoms with Gasteiger partial charge in [0.05, 0.1) is 37.1 Å². The molecule has 0 aromatic rings. The number of carbonyl (C=O) groups is 1. The Morgan fingerprint density at radius 1 is 0.958 bits per heavy atom. The number of hydrogen-bond donors (Lipinski definition) is 2. The van der Waals surface area contributed by atoms with E-state index >= 15 is 0 Å². The fourth-order valence-corrected chi connectivity index (χ4v) is 8.82. The Morgan fingerprint density at radius 2 is 1.73 bits per heavy atom. The van der Waals surface area contributed by atoms with Crippen LogP contribution in [0.2, 0.25) is 0 Å². The van der Waals surface area contributed by atoms with E-state index in [4.69, 9.17) is 28.4 Å². The monoisotopic (exact) mass is 668 g/mol. The highest BCUT2D eigenvalue weighted by molar-refractivity contribution is 5.78. The molecule has 2 N–H and O–H groups in total. The number of rotatable bonds is 2. The molecule has 9 heteroatoms. The Labute approximate surface area is 286 Å². The van der Waals surface area contributed by atoms with Crippen LogP contribution in [0.5, 0.6) is 0 Å². The minimum atomic E-state index is -1.76. The van der Waals surface area contributed by atoms with E-state index in [0.29, 0.717) is 30.4 Å². The van der Waals surface area contributed by atoms with Crippen LogP contribution >= 0.6 is 0 Å². The summed E-state index contributed by atoms with van der Waals surface area (Å²) in [6.07, 6.45) is 13.3. The third kappa shape index (κ3) is 6.57. The first-order valence-corrected chi connectivity index (χ1v) is 17.9. The van der Waals surface area contributed by atoms with Gasteiger partial charge in [0, 0.05) is 44.1 Å². The van der Waals surface area contributed by atoms with Crippen molar-refractivity contribution in [1.29, 1.82) is 0 Å². The molecule has 1 unspecified atom stereocenters. The molecule has 266 valence electrons. The Hall–Kier alpha value is -2.11. The number of esters is 1. The van der Waals surface area contributed by atoms with Gasteiger partial charge in [-0.3, -0.25) is 4.79 Å². The summed E-state index contributed by atoms with van der Waals surface area (Å²) >= 11 is 0. The number of aliphatic hydroxyl groups excluding tert-OH is 1. The highest BCUT2D eigenvalue weighted by Crippen LogP contribution is 2.47. The zero-order chi connectivity index (χ0) is 34.5. The Balaban J connectivity index is 1.42. The molecule has 1 spiro atoms. The molecule has 3 fully saturated rings. The number of hydrogen-bond acceptors (Lipinski definition) is 9. The standard InChI is InChI=1S/C39H56O9/c1-21-14-15-38(47-26(21)6)19-30-17-29(48-38)13-12-23(3)34(33-18-32(43-8)25(5)27(7)45-33)22(2)10-9-11-28-20-44-36-35(40)24(4)16-31(37(41)46-30)39(28,36)42/h9-12,14-16,21-22,25-27,29-36,40,42H,13,17-20H2,1-8H3/b10-9+,23-12+,28-11+/t21-,22-,25-,26+,27-,29+,30-,31-,32-,33+,34?,35+,36+,38-,39+/m0/s1. The van der Waals surface area contributed by atoms with Crippen molar-refractivity contribution in [1.82, 2.24) is 0 Å². The average molecular weight is 669 g/mol. The Bertz CT molecular complexity index is 1360. The summed E-state index contributed by atoms with van der Waals surface area (Å²) in [6.45, 7) is 14.7. The van der Waals surface area contributed by atoms with Gasteiger partial charge in [-0.15, -0.1) is 0 Å². The van der Waals surface area contributed by atoms with Crippen LogP contribution in [0.4, 0.5) is 0 Å². The molecule has 0 amide bonds. The number of ether oxygens (including phenoxy) is 6. The predicted molar refractivity (Wildman–Crippen MR) is 181 cm³/mol. The average Bonchev–Trinajstić information content (AvgIpc) is 3.38. The normalized spacial score (nSPS) is 51.2. The fraction of sp³-hybridized carbons (Fsp3) is 0.718. The van der Waals surface area contributed by atoms with Gasteiger partial charge in [-0.05, 0) is 57.3 Å². The van der Waals surface area contributed by atoms with Gasteiger partial charge in [-0.1, -0.05) is 62.8 Å². The molecule has 5 heterocycles. The van der Waals surface area contributed by atoms with Crippen LogP contribution in [0.15, 0.2) is 59.3 Å². The zero-order valence-corrected chi connectivity index (χ0v) is 29.8. The maximum absolute atomic E-state index is 14.1. The number of carbonyl (C=O) groups excluding carboxylic acids is 1. The number of methoxy groups -OCH3 is 1. The molecule has 6 aliphatic rings. The lowest BCUT2D eigenvalue weighted by Gasteiger charge is -2.47. The number of fused-ring (bicyclic) bond motifs is 2. The van der Waals surface area contributed by atoms with Gasteiger partial charge >= 0.3 is 5.97 Å². The van der Waals surface area contributed by atoms with Crippen LogP contribution in [0, 0.1) is 29.6 Å². The lowest BCUT2D eigenvalue weighted by Crippen LogP contribution is -2.58. The summed E-state index contributed by atoms with van der Waals surface area (Å²) in [7, 11) is 1.78. The van der Waals surface area contributed by atoms with Crippen molar-refractivity contribution in [2.75, 3.05) is 13.7 Å². The second-order valence-corrected chi connectivity index (χ2v) is 15.4. The van der Waals surface area contributed by atoms with Crippen molar-refractivity contribution in [2.45, 2.75) is 134 Å². The third-order valence-electron chi connectivity index (χ3n) is 12.1. The van der Waals surface area contributed by atoms with Gasteiger partial charge in [0.2, 0.25) is 0 Å². The smallest absolute Gasteiger partial charge is 0.316 e. The van der Waals surface area contributed by atoms with Gasteiger partial charge in [-0.25, -0.2) is 0 Å². The summed E-state index contributed by atoms with van der Waals surface area (Å²) in [6, 6.07) is 0. The first kappa shape index (κ1) is 35.7. The molecule has 0 aromatic heterocycles. The second-order valence-electron chi connectivity index (χ2n) is 15.4. The van der Waals surface area contributed by atoms with Gasteiger partial charge in [0.25, 0.3) is 0 Å². The van der Waals surface area contributed by atoms with Crippen molar-refractivity contribution in [3.8, 4) is 0 Å². The lowest BCUT2D eigenvalue weighted by molar-refractivity contribution is -0.292. The quantitative estimate of drug-likeness (QED) is 0.297. The maximum Gasteiger partial charge on any atom is 0.316 e. The van der Waals surface area contributed by atoms with Gasteiger partial charge in [0.1, 0.15) is 29.8 Å². The van der Waals surface area contributed by atoms with E-state index in [2.05, 4.69) is 52.8 Å². The first-order chi connectivity index (χ1) is 22.8. The number of allylic oxidation sites excluding steroid dienone is 3. The van der Waals surface area contributed by atoms with Crippen molar-refractivity contribution in [3.05, 3.63) is 59.3 Å². The summed E-state index contributed by atoms with van der Waals surface area (Å²) in [5.74, 6) is -1.98. The molecule has 3 saturated heterocycles. The van der Waals surface area contributed by atoms with Crippen LogP contribution < -0.4 is 0 Å². The van der Waals surface area contributed by atoms with Crippen molar-refractivity contribution in [3.63, 3.8) is 0 Å². The molecular formula is C39H56O9. The largest absolute Gasteiger partial charge is 0.462 e. The molecule has 0 saturated carbocycles. The molecular weight excluding hydrogens is 612 g/mol. The molecule has 2 bridgehead atoms. The van der Waals surface area contributed by atoms with Crippen LogP contribution in [-0.2, 0) is 33.2 Å². The van der Waals surface area contributed by atoms with Crippen LogP contribution in [0.1, 0.15) is 74.1 Å². The van der Waals surface area contributed by atoms with Crippen molar-refractivity contribution in [2.24, 2.45) is 29.6 Å². The topological polar surface area (TPSA) is 113 Å². The molecule has 5 aliphatic heterocycles. The minimum absolute atomic E-state index is 0.0461. The van der Waals surface area contributed by atoms with E-state index in [-0.39, 0.29) is 60.8 Å². The summed E-state index contributed by atoms with van der Waals surface area (Å²) in [4.78, 5) is 14.1. The predicted octanol–water partition coefficient (Wildman–Crippen LogP) is 5.36. The molecule has 9 nitrogen and oxygen atoms in total. The highest BCUT2D eigenvalue weighted by atomic mass is 16.7. The molecule has 15 atom stereocenters. The molecule has 0 aromatic carbocycles. The van der Waals surface area contributed by atoms with Crippen molar-refractivity contribution >= 4 is 5.97 Å². The molecule has 1 aliphatic carbocycles. The second kappa shape index (κ2) is 13.9. The van der Waals surface area contributed by atoms with Crippen molar-refractivity contribution < 1.29 is 43.4 Å². The first-order valence-electron chi connectivity index (χ1n) is 17.9. The minimum Gasteiger partial charge on any atom is -0.462 e. The lowest BCUT2D eigenvalue weighted by atomic mass is 9.71. The molecule has 0 radical (unpaired) electrons. The fourth-order valence-electron chi connectivity index (χ4n) is 8.82. The van der Waals surface area contributed by atoms with E-state index in [0.717, 1.165) is 6.42 Å². The Kier molecular flexibility index (Phi) is 10.3. The van der Waals surface area contributed by atoms with E-state index < -0.39 is 41.6 Å². The van der Waals surface area contributed by atoms with Gasteiger partial charge < -0.3 is 38.6 Å². The van der Waals surface area contributed by atoms with E-state index in [1.165, 1.54) is 5.57 Å². The van der Waals surface area contributed by atoms with E-state index in [1.807, 2.05) is 25.2 Å². The van der Waals surface area contributed by atoms with E-state index in [9.17, 15) is 15.0 Å². The summed E-state index contributed by atoms with van der Waals surface area (Å²) in [5.41, 5.74) is 0.553. The molecule has 6 rings (SSSR count).